The van der Waals surface area contributed by atoms with Crippen LogP contribution in [0.15, 0.2) is 121 Å². The van der Waals surface area contributed by atoms with Crippen molar-refractivity contribution in [2.45, 2.75) is 94.7 Å². The van der Waals surface area contributed by atoms with Crippen LogP contribution in [0.3, 0.4) is 0 Å². The number of benzene rings is 4. The van der Waals surface area contributed by atoms with Gasteiger partial charge in [-0.25, -0.2) is 0 Å². The van der Waals surface area contributed by atoms with Gasteiger partial charge in [0.25, 0.3) is 0 Å². The van der Waals surface area contributed by atoms with Crippen LogP contribution in [0, 0.1) is 17.3 Å². The molecule has 0 bridgehead atoms. The molecule has 0 aromatic heterocycles. The van der Waals surface area contributed by atoms with Gasteiger partial charge in [0.1, 0.15) is 0 Å². The Morgan fingerprint density at radius 1 is 0.500 bits per heavy atom. The Morgan fingerprint density at radius 3 is 1.02 bits per heavy atom. The van der Waals surface area contributed by atoms with Crippen LogP contribution in [0.1, 0.15) is 105 Å². The molecule has 2 nitrogen and oxygen atoms in total. The molecule has 4 aromatic carbocycles. The minimum Gasteiger partial charge on any atom is -0.392 e. The molecule has 4 atom stereocenters. The summed E-state index contributed by atoms with van der Waals surface area (Å²) in [6.07, 6.45) is 6.74. The predicted molar refractivity (Wildman–Crippen MR) is 182 cm³/mol. The maximum Gasteiger partial charge on any atom is 0.0677 e. The summed E-state index contributed by atoms with van der Waals surface area (Å²) < 4.78 is 0. The van der Waals surface area contributed by atoms with E-state index < -0.39 is 12.2 Å². The van der Waals surface area contributed by atoms with Gasteiger partial charge in [-0.1, -0.05) is 148 Å². The lowest BCUT2D eigenvalue weighted by molar-refractivity contribution is -0.0446. The first-order valence-electron chi connectivity index (χ1n) is 17.1. The van der Waals surface area contributed by atoms with Crippen LogP contribution in [0.5, 0.6) is 0 Å². The number of unbranched alkanes of at least 4 members (excludes halogenated alkanes) is 1. The van der Waals surface area contributed by atoms with Gasteiger partial charge in [-0.15, -0.1) is 0 Å². The fourth-order valence-electron chi connectivity index (χ4n) is 9.05. The monoisotopic (exact) mass is 586 g/mol. The van der Waals surface area contributed by atoms with Gasteiger partial charge in [0, 0.05) is 23.7 Å². The normalized spacial score (nSPS) is 30.4. The highest BCUT2D eigenvalue weighted by Crippen LogP contribution is 2.59. The summed E-state index contributed by atoms with van der Waals surface area (Å²) in [5.41, 5.74) is 5.11. The molecule has 2 saturated carbocycles. The summed E-state index contributed by atoms with van der Waals surface area (Å²) in [6, 6.07) is 43.0. The molecule has 0 amide bonds. The zero-order valence-electron chi connectivity index (χ0n) is 26.5. The molecule has 0 saturated heterocycles. The summed E-state index contributed by atoms with van der Waals surface area (Å²) in [7, 11) is 0. The summed E-state index contributed by atoms with van der Waals surface area (Å²) >= 11 is 0. The molecule has 4 aromatic rings. The smallest absolute Gasteiger partial charge is 0.0677 e. The van der Waals surface area contributed by atoms with Crippen molar-refractivity contribution in [1.82, 2.24) is 0 Å². The van der Waals surface area contributed by atoms with Gasteiger partial charge in [-0.2, -0.15) is 0 Å². The Bertz CT molecular complexity index is 1220. The van der Waals surface area contributed by atoms with Gasteiger partial charge >= 0.3 is 0 Å². The fourth-order valence-corrected chi connectivity index (χ4v) is 9.05. The molecule has 2 aliphatic carbocycles. The third-order valence-electron chi connectivity index (χ3n) is 11.6. The fraction of sp³-hybridized carbons (Fsp3) is 0.429. The second-order valence-corrected chi connectivity index (χ2v) is 14.0. The van der Waals surface area contributed by atoms with Crippen LogP contribution < -0.4 is 0 Å². The number of aliphatic hydroxyl groups is 2. The molecule has 2 N–H and O–H groups in total. The van der Waals surface area contributed by atoms with E-state index in [0.29, 0.717) is 11.8 Å². The van der Waals surface area contributed by atoms with Gasteiger partial charge in [0.15, 0.2) is 0 Å². The molecule has 2 aliphatic rings. The molecule has 6 rings (SSSR count). The highest BCUT2D eigenvalue weighted by molar-refractivity contribution is 5.31. The first-order chi connectivity index (χ1) is 21.5. The largest absolute Gasteiger partial charge is 0.392 e. The number of hydrogen-bond acceptors (Lipinski definition) is 2. The van der Waals surface area contributed by atoms with E-state index in [0.717, 1.165) is 25.7 Å². The molecule has 0 spiro atoms. The van der Waals surface area contributed by atoms with Crippen LogP contribution in [0.2, 0.25) is 0 Å². The molecule has 0 aliphatic heterocycles. The average Bonchev–Trinajstić information content (AvgIpc) is 3.09. The van der Waals surface area contributed by atoms with Crippen molar-refractivity contribution in [3.8, 4) is 0 Å². The van der Waals surface area contributed by atoms with E-state index >= 15 is 0 Å². The van der Waals surface area contributed by atoms with Crippen LogP contribution in [0.4, 0.5) is 0 Å². The zero-order chi connectivity index (χ0) is 30.5. The molecular weight excluding hydrogens is 536 g/mol. The maximum absolute atomic E-state index is 12.0. The molecule has 230 valence electrons. The highest BCUT2D eigenvalue weighted by atomic mass is 16.3. The van der Waals surface area contributed by atoms with E-state index in [1.165, 1.54) is 41.5 Å². The first kappa shape index (κ1) is 30.8. The number of aliphatic hydroxyl groups excluding tert-OH is 2. The molecule has 2 fully saturated rings. The van der Waals surface area contributed by atoms with Crippen molar-refractivity contribution < 1.29 is 10.2 Å². The van der Waals surface area contributed by atoms with Crippen molar-refractivity contribution >= 4 is 0 Å². The van der Waals surface area contributed by atoms with Crippen LogP contribution in [-0.4, -0.2) is 22.4 Å². The third-order valence-corrected chi connectivity index (χ3v) is 11.6. The van der Waals surface area contributed by atoms with E-state index in [2.05, 4.69) is 135 Å². The molecule has 2 heteroatoms. The van der Waals surface area contributed by atoms with Gasteiger partial charge < -0.3 is 10.2 Å². The Morgan fingerprint density at radius 2 is 0.773 bits per heavy atom. The second-order valence-electron chi connectivity index (χ2n) is 14.0. The Labute approximate surface area is 265 Å². The van der Waals surface area contributed by atoms with Crippen molar-refractivity contribution in [3.05, 3.63) is 144 Å². The SMILES string of the molecule is CCCCC(C)(C1CC(c2ccccc2)C(O)C(c2ccccc2)C1)C1CC(c2ccccc2)C(O)C(c2ccccc2)C1. The minimum absolute atomic E-state index is 0.0798. The first-order valence-corrected chi connectivity index (χ1v) is 17.1. The number of hydrogen-bond donors (Lipinski definition) is 2. The zero-order valence-corrected chi connectivity index (χ0v) is 26.5. The average molecular weight is 587 g/mol. The molecule has 44 heavy (non-hydrogen) atoms. The standard InChI is InChI=1S/C42H50O2/c1-3-4-25-42(2,34-26-36(30-17-9-5-10-18-30)40(43)37(27-34)31-19-11-6-12-20-31)35-28-38(32-21-13-7-14-22-32)41(44)39(29-35)33-23-15-8-16-24-33/h5-24,34-41,43-44H,3-4,25-29H2,1-2H3. The summed E-state index contributed by atoms with van der Waals surface area (Å²) in [6.45, 7) is 4.90. The quantitative estimate of drug-likeness (QED) is 0.205. The topological polar surface area (TPSA) is 40.5 Å². The van der Waals surface area contributed by atoms with Gasteiger partial charge in [-0.3, -0.25) is 0 Å². The van der Waals surface area contributed by atoms with Crippen molar-refractivity contribution in [1.29, 1.82) is 0 Å². The van der Waals surface area contributed by atoms with Crippen LogP contribution in [0.25, 0.3) is 0 Å². The predicted octanol–water partition coefficient (Wildman–Crippen LogP) is 9.86. The Balaban J connectivity index is 1.42. The Hall–Kier alpha value is -3.20. The lowest BCUT2D eigenvalue weighted by Crippen LogP contribution is -2.47. The van der Waals surface area contributed by atoms with E-state index in [1.54, 1.807) is 0 Å². The van der Waals surface area contributed by atoms with E-state index in [4.69, 9.17) is 0 Å². The van der Waals surface area contributed by atoms with E-state index in [1.807, 2.05) is 0 Å². The molecule has 0 radical (unpaired) electrons. The van der Waals surface area contributed by atoms with E-state index in [-0.39, 0.29) is 29.1 Å². The summed E-state index contributed by atoms with van der Waals surface area (Å²) in [5, 5.41) is 24.0. The molecular formula is C42H50O2. The summed E-state index contributed by atoms with van der Waals surface area (Å²) in [5.74, 6) is 1.33. The van der Waals surface area contributed by atoms with Crippen molar-refractivity contribution in [3.63, 3.8) is 0 Å². The second kappa shape index (κ2) is 13.8. The molecule has 4 unspecified atom stereocenters. The third kappa shape index (κ3) is 6.30. The molecule has 0 heterocycles. The number of rotatable bonds is 9. The van der Waals surface area contributed by atoms with Crippen molar-refractivity contribution in [2.24, 2.45) is 17.3 Å². The lowest BCUT2D eigenvalue weighted by Gasteiger charge is -2.54. The van der Waals surface area contributed by atoms with Crippen molar-refractivity contribution in [2.75, 3.05) is 0 Å². The minimum atomic E-state index is -0.409. The van der Waals surface area contributed by atoms with Gasteiger partial charge in [-0.05, 0) is 71.6 Å². The van der Waals surface area contributed by atoms with Crippen LogP contribution in [-0.2, 0) is 0 Å². The lowest BCUT2D eigenvalue weighted by atomic mass is 9.51. The summed E-state index contributed by atoms with van der Waals surface area (Å²) in [4.78, 5) is 0. The van der Waals surface area contributed by atoms with Gasteiger partial charge in [0.2, 0.25) is 0 Å². The van der Waals surface area contributed by atoms with E-state index in [9.17, 15) is 10.2 Å². The van der Waals surface area contributed by atoms with Crippen LogP contribution >= 0.6 is 0 Å². The van der Waals surface area contributed by atoms with Gasteiger partial charge in [0.05, 0.1) is 12.2 Å². The Kier molecular flexibility index (Phi) is 9.69. The maximum atomic E-state index is 12.0. The highest BCUT2D eigenvalue weighted by Gasteiger charge is 2.51.